The second-order valence-corrected chi connectivity index (χ2v) is 6.50. The number of benzene rings is 2. The summed E-state index contributed by atoms with van der Waals surface area (Å²) in [6, 6.07) is 5.58. The lowest BCUT2D eigenvalue weighted by Gasteiger charge is -2.19. The number of hydrogen-bond donors (Lipinski definition) is 2. The van der Waals surface area contributed by atoms with E-state index < -0.39 is 34.8 Å². The topological polar surface area (TPSA) is 74.5 Å². The maximum atomic E-state index is 14.5. The molecule has 2 N–H and O–H groups in total. The molecule has 9 heteroatoms. The number of halogens is 4. The molecule has 5 nitrogen and oxygen atoms in total. The third-order valence-corrected chi connectivity index (χ3v) is 4.53. The molecule has 0 amide bonds. The lowest BCUT2D eigenvalue weighted by atomic mass is 9.95. The van der Waals surface area contributed by atoms with E-state index in [1.165, 1.54) is 12.1 Å². The van der Waals surface area contributed by atoms with Gasteiger partial charge < -0.3 is 10.1 Å². The monoisotopic (exact) mass is 395 g/mol. The van der Waals surface area contributed by atoms with Crippen molar-refractivity contribution in [3.8, 4) is 11.1 Å². The number of hydrogen-bond acceptors (Lipinski definition) is 5. The van der Waals surface area contributed by atoms with E-state index in [1.54, 1.807) is 0 Å². The maximum Gasteiger partial charge on any atom is 0.419 e. The van der Waals surface area contributed by atoms with Crippen LogP contribution < -0.4 is 5.32 Å². The van der Waals surface area contributed by atoms with Gasteiger partial charge in [-0.25, -0.2) is 14.7 Å². The largest absolute Gasteiger partial charge is 0.465 e. The van der Waals surface area contributed by atoms with Gasteiger partial charge in [0.2, 0.25) is 0 Å². The van der Waals surface area contributed by atoms with Gasteiger partial charge >= 0.3 is 12.1 Å². The van der Waals surface area contributed by atoms with Crippen LogP contribution in [0.5, 0.6) is 0 Å². The average Bonchev–Trinajstić information content (AvgIpc) is 3.48. The Hall–Kier alpha value is -2.97. The number of methoxy groups -OCH3 is 1. The summed E-state index contributed by atoms with van der Waals surface area (Å²) < 4.78 is 60.4. The molecule has 0 radical (unpaired) electrons. The van der Waals surface area contributed by atoms with E-state index in [0.717, 1.165) is 38.2 Å². The van der Waals surface area contributed by atoms with Gasteiger partial charge in [0.05, 0.1) is 23.9 Å². The Morgan fingerprint density at radius 3 is 2.46 bits per heavy atom. The molecule has 1 aliphatic rings. The third-order valence-electron chi connectivity index (χ3n) is 4.53. The molecule has 0 atom stereocenters. The van der Waals surface area contributed by atoms with E-state index >= 15 is 0 Å². The van der Waals surface area contributed by atoms with Crippen LogP contribution in [0.2, 0.25) is 0 Å². The first-order chi connectivity index (χ1) is 13.3. The highest BCUT2D eigenvalue weighted by Crippen LogP contribution is 2.47. The summed E-state index contributed by atoms with van der Waals surface area (Å²) in [5, 5.41) is 5.98. The number of nitrogens with one attached hydrogen (secondary N) is 2. The minimum atomic E-state index is -4.86. The standard InChI is InChI=1S/C19H17F4N3O2/c1-28-18(27)11-4-5-12(14(20)8-11)13-6-7-15(25-9-10-2-3-10)17(26-24)16(13)19(21,22)23/h4-8,10,24-25H,2-3,9H2,1H3. The highest BCUT2D eigenvalue weighted by Gasteiger charge is 2.39. The van der Waals surface area contributed by atoms with Crippen LogP contribution in [-0.2, 0) is 10.9 Å². The van der Waals surface area contributed by atoms with Gasteiger partial charge in [-0.1, -0.05) is 12.1 Å². The van der Waals surface area contributed by atoms with Crippen LogP contribution >= 0.6 is 0 Å². The van der Waals surface area contributed by atoms with Crippen LogP contribution in [-0.4, -0.2) is 19.6 Å². The molecule has 0 heterocycles. The van der Waals surface area contributed by atoms with Crippen molar-refractivity contribution in [3.05, 3.63) is 47.3 Å². The van der Waals surface area contributed by atoms with Gasteiger partial charge in [-0.3, -0.25) is 0 Å². The highest BCUT2D eigenvalue weighted by molar-refractivity contribution is 5.90. The molecule has 0 aromatic heterocycles. The number of rotatable bonds is 6. The van der Waals surface area contributed by atoms with Gasteiger partial charge in [-0.05, 0) is 42.5 Å². The Bertz CT molecular complexity index is 924. The highest BCUT2D eigenvalue weighted by atomic mass is 19.4. The van der Waals surface area contributed by atoms with Crippen LogP contribution in [0.15, 0.2) is 35.4 Å². The summed E-state index contributed by atoms with van der Waals surface area (Å²) in [7, 11) is 1.12. The molecule has 0 saturated heterocycles. The third kappa shape index (κ3) is 3.97. The summed E-state index contributed by atoms with van der Waals surface area (Å²) in [6.07, 6.45) is -2.86. The molecular weight excluding hydrogens is 378 g/mol. The zero-order valence-electron chi connectivity index (χ0n) is 14.9. The molecule has 148 valence electrons. The van der Waals surface area contributed by atoms with Gasteiger partial charge in [0.25, 0.3) is 0 Å². The molecule has 0 spiro atoms. The van der Waals surface area contributed by atoms with Crippen LogP contribution in [0.1, 0.15) is 28.8 Å². The minimum Gasteiger partial charge on any atom is -0.465 e. The predicted molar refractivity (Wildman–Crippen MR) is 94.2 cm³/mol. The normalized spacial score (nSPS) is 13.9. The minimum absolute atomic E-state index is 0.0737. The van der Waals surface area contributed by atoms with Crippen LogP contribution in [0, 0.1) is 17.3 Å². The van der Waals surface area contributed by atoms with Crippen molar-refractivity contribution in [3.63, 3.8) is 0 Å². The molecule has 1 fully saturated rings. The molecule has 0 aliphatic heterocycles. The predicted octanol–water partition coefficient (Wildman–Crippen LogP) is 5.78. The summed E-state index contributed by atoms with van der Waals surface area (Å²) in [5.41, 5.74) is 4.62. The summed E-state index contributed by atoms with van der Waals surface area (Å²) >= 11 is 0. The Labute approximate surface area is 158 Å². The lowest BCUT2D eigenvalue weighted by molar-refractivity contribution is -0.136. The number of carbonyl (C=O) groups excluding carboxylic acids is 1. The Morgan fingerprint density at radius 1 is 1.25 bits per heavy atom. The fraction of sp³-hybridized carbons (Fsp3) is 0.316. The fourth-order valence-electron chi connectivity index (χ4n) is 2.92. The first kappa shape index (κ1) is 19.8. The van der Waals surface area contributed by atoms with E-state index in [4.69, 9.17) is 5.53 Å². The molecule has 0 unspecified atom stereocenters. The zero-order chi connectivity index (χ0) is 20.5. The molecule has 1 saturated carbocycles. The molecule has 1 aliphatic carbocycles. The number of esters is 1. The van der Waals surface area contributed by atoms with E-state index in [-0.39, 0.29) is 16.8 Å². The van der Waals surface area contributed by atoms with Crippen LogP contribution in [0.3, 0.4) is 0 Å². The molecule has 28 heavy (non-hydrogen) atoms. The van der Waals surface area contributed by atoms with Gasteiger partial charge in [-0.15, -0.1) is 0 Å². The number of anilines is 1. The van der Waals surface area contributed by atoms with Crippen molar-refractivity contribution in [1.29, 1.82) is 5.53 Å². The van der Waals surface area contributed by atoms with Gasteiger partial charge in [0.1, 0.15) is 11.5 Å². The molecule has 3 rings (SSSR count). The van der Waals surface area contributed by atoms with E-state index in [0.29, 0.717) is 12.5 Å². The first-order valence-corrected chi connectivity index (χ1v) is 8.50. The summed E-state index contributed by atoms with van der Waals surface area (Å²) in [5.74, 6) is -1.41. The number of alkyl halides is 3. The number of nitrogens with zero attached hydrogens (tertiary/aromatic N) is 1. The van der Waals surface area contributed by atoms with E-state index in [9.17, 15) is 22.4 Å². The van der Waals surface area contributed by atoms with Crippen molar-refractivity contribution >= 4 is 17.3 Å². The van der Waals surface area contributed by atoms with Crippen molar-refractivity contribution in [2.75, 3.05) is 19.0 Å². The van der Waals surface area contributed by atoms with E-state index in [1.807, 2.05) is 0 Å². The smallest absolute Gasteiger partial charge is 0.419 e. The van der Waals surface area contributed by atoms with Gasteiger partial charge in [0, 0.05) is 12.1 Å². The van der Waals surface area contributed by atoms with Crippen LogP contribution in [0.4, 0.5) is 28.9 Å². The second-order valence-electron chi connectivity index (χ2n) is 6.50. The molecular formula is C19H17F4N3O2. The maximum absolute atomic E-state index is 14.5. The van der Waals surface area contributed by atoms with Gasteiger partial charge in [-0.2, -0.15) is 18.3 Å². The first-order valence-electron chi connectivity index (χ1n) is 8.50. The SMILES string of the molecule is COC(=O)c1ccc(-c2ccc(NCC3CC3)c(N=N)c2C(F)(F)F)c(F)c1. The lowest BCUT2D eigenvalue weighted by Crippen LogP contribution is -2.11. The quantitative estimate of drug-likeness (QED) is 0.370. The average molecular weight is 395 g/mol. The summed E-state index contributed by atoms with van der Waals surface area (Å²) in [4.78, 5) is 11.5. The Kier molecular flexibility index (Phi) is 5.35. The van der Waals surface area contributed by atoms with Crippen LogP contribution in [0.25, 0.3) is 11.1 Å². The Balaban J connectivity index is 2.12. The van der Waals surface area contributed by atoms with Crippen molar-refractivity contribution in [2.45, 2.75) is 19.0 Å². The van der Waals surface area contributed by atoms with Crippen molar-refractivity contribution < 1.29 is 27.1 Å². The summed E-state index contributed by atoms with van der Waals surface area (Å²) in [6.45, 7) is 0.487. The molecule has 2 aromatic carbocycles. The van der Waals surface area contributed by atoms with Crippen molar-refractivity contribution in [2.24, 2.45) is 11.0 Å². The molecule has 0 bridgehead atoms. The Morgan fingerprint density at radius 2 is 1.93 bits per heavy atom. The second kappa shape index (κ2) is 7.57. The number of ether oxygens (including phenoxy) is 1. The van der Waals surface area contributed by atoms with E-state index in [2.05, 4.69) is 15.2 Å². The van der Waals surface area contributed by atoms with Gasteiger partial charge in [0.15, 0.2) is 0 Å². The number of carbonyl (C=O) groups is 1. The fourth-order valence-corrected chi connectivity index (χ4v) is 2.92. The molecule has 2 aromatic rings. The zero-order valence-corrected chi connectivity index (χ0v) is 14.9. The van der Waals surface area contributed by atoms with Crippen molar-refractivity contribution in [1.82, 2.24) is 0 Å².